The number of nitro benzene ring substituents is 2. The van der Waals surface area contributed by atoms with Crippen molar-refractivity contribution >= 4 is 162 Å². The van der Waals surface area contributed by atoms with Crippen LogP contribution >= 0.6 is 75.3 Å². The molecule has 34 heteroatoms. The molecule has 0 bridgehead atoms. The third-order valence-electron chi connectivity index (χ3n) is 15.6. The summed E-state index contributed by atoms with van der Waals surface area (Å²) in [7, 11) is -0.329. The molecular weight excluding hydrogens is 1740 g/mol. The van der Waals surface area contributed by atoms with Crippen molar-refractivity contribution in [1.29, 1.82) is 0 Å². The number of imidazole rings is 3. The van der Waals surface area contributed by atoms with Gasteiger partial charge in [-0.25, -0.2) is 24.9 Å². The summed E-state index contributed by atoms with van der Waals surface area (Å²) in [6.07, 6.45) is 4.22. The van der Waals surface area contributed by atoms with Gasteiger partial charge in [-0.1, -0.05) is 83.3 Å². The first-order valence-electron chi connectivity index (χ1n) is 33.7. The van der Waals surface area contributed by atoms with Gasteiger partial charge in [0.25, 0.3) is 18.1 Å². The van der Waals surface area contributed by atoms with E-state index in [2.05, 4.69) is 238 Å². The van der Waals surface area contributed by atoms with Crippen LogP contribution in [0.5, 0.6) is 0 Å². The normalized spacial score (nSPS) is 12.6. The van der Waals surface area contributed by atoms with Gasteiger partial charge in [0, 0.05) is 92.1 Å². The number of aromatic nitrogens is 8. The van der Waals surface area contributed by atoms with Crippen LogP contribution in [0.2, 0.25) is 5.28 Å². The molecule has 10 aromatic rings. The number of carboxylic acids is 1. The van der Waals surface area contributed by atoms with Gasteiger partial charge < -0.3 is 60.8 Å². The molecule has 6 aromatic carbocycles. The van der Waals surface area contributed by atoms with Gasteiger partial charge in [0.2, 0.25) is 11.1 Å². The first-order chi connectivity index (χ1) is 49.6. The summed E-state index contributed by atoms with van der Waals surface area (Å²) in [5, 5.41) is 43.1. The molecule has 0 spiro atoms. The van der Waals surface area contributed by atoms with Gasteiger partial charge >= 0.3 is 116 Å². The second kappa shape index (κ2) is 49.1. The predicted octanol–water partition coefficient (Wildman–Crippen LogP) is 13.6. The van der Waals surface area contributed by atoms with E-state index in [1.54, 1.807) is 18.3 Å². The summed E-state index contributed by atoms with van der Waals surface area (Å²) in [6, 6.07) is 36.4. The van der Waals surface area contributed by atoms with Gasteiger partial charge in [-0.15, -0.1) is 0 Å². The van der Waals surface area contributed by atoms with Crippen LogP contribution in [0.15, 0.2) is 139 Å². The molecule has 5 N–H and O–H groups in total. The quantitative estimate of drug-likeness (QED) is 0.0168. The van der Waals surface area contributed by atoms with Crippen LogP contribution in [0.25, 0.3) is 44.4 Å². The molecule has 0 saturated carbocycles. The standard InChI is InChI=1S/C17H25BN2O2.C15H15ClN4.C11H13BrN2.C9H11BrN2O2.C9H13BrN2.C6H3BrFNO2.C4H8O.C2H4O2.CH2O3.CH4.2K.H/c1-11(2)20-12(3)19-14-9-8-13(10-15(14)20)18-21-16(4,5)17(6,7)22-18;1-9(2)20-10(3)18-13-5-4-11(8-14(13)20)12-6-7-17-15(16)19-12;1-7(2)14-8(3)13-10-5-4-9(12)6-11(10)14;1-6(2)11-8-5-7(10)3-4-9(8)12(13)14;1-6(2)12-9-5-7(10)3-4-8(9)11;7-4-1-2-6(9(10)11)5(8)3-4;1-2-4-5-3-1;1-2(3)4;2-1-4-3;;;;/h8-11H,1-7H3;4-9H,1-3H3;4-7H,1-3H3;3-6,11H,1-2H3;3-6,12H,11H2,1-2H3;1-3H;1-4H2;1H3,(H,3,4);1,3H;1H4;;;/q;;;;;;;;;;2*+1;-1/p-1. The number of nitrogens with zero attached hydrogens (tertiary/aromatic N) is 10. The van der Waals surface area contributed by atoms with Crippen LogP contribution in [0.3, 0.4) is 0 Å². The number of benzene rings is 6. The molecule has 25 nitrogen and oxygen atoms in total. The topological polar surface area (TPSA) is 330 Å². The summed E-state index contributed by atoms with van der Waals surface area (Å²) >= 11 is 19.0. The van der Waals surface area contributed by atoms with Gasteiger partial charge in [-0.05, 0) is 239 Å². The number of halogens is 6. The molecule has 0 radical (unpaired) electrons. The molecule has 2 aliphatic heterocycles. The minimum absolute atomic E-state index is 0. The molecule has 0 amide bonds. The summed E-state index contributed by atoms with van der Waals surface area (Å²) in [5.74, 6) is 1.47. The first kappa shape index (κ1) is 102. The number of carbonyl (C=O) groups excluding carboxylic acids is 1. The number of nitrogens with one attached hydrogen (secondary N) is 2. The van der Waals surface area contributed by atoms with E-state index < -0.39 is 27.3 Å². The Labute approximate surface area is 763 Å². The van der Waals surface area contributed by atoms with Crippen molar-refractivity contribution in [2.75, 3.05) is 29.6 Å². The third kappa shape index (κ3) is 32.6. The first-order valence-corrected chi connectivity index (χ1v) is 37.2. The number of ether oxygens (including phenoxy) is 1. The number of nitro groups is 2. The second-order valence-electron chi connectivity index (χ2n) is 26.4. The molecule has 6 heterocycles. The van der Waals surface area contributed by atoms with E-state index in [4.69, 9.17) is 51.3 Å². The van der Waals surface area contributed by atoms with E-state index >= 15 is 0 Å². The number of carbonyl (C=O) groups is 2. The summed E-state index contributed by atoms with van der Waals surface area (Å²) < 4.78 is 40.1. The maximum atomic E-state index is 12.6. The van der Waals surface area contributed by atoms with E-state index in [-0.39, 0.29) is 153 Å². The number of anilines is 3. The molecular formula is C75H98BBr4ClFK2N13O12. The Kier molecular flexibility index (Phi) is 46.1. The van der Waals surface area contributed by atoms with Crippen LogP contribution in [-0.4, -0.2) is 110 Å². The number of hydrogen-bond donors (Lipinski definition) is 4. The fourth-order valence-electron chi connectivity index (χ4n) is 10.6. The van der Waals surface area contributed by atoms with Crippen molar-refractivity contribution in [2.24, 2.45) is 0 Å². The number of rotatable bonds is 12. The molecule has 109 heavy (non-hydrogen) atoms. The van der Waals surface area contributed by atoms with Gasteiger partial charge in [0.05, 0.1) is 71.2 Å². The van der Waals surface area contributed by atoms with E-state index in [9.17, 15) is 24.6 Å². The van der Waals surface area contributed by atoms with Crippen molar-refractivity contribution in [1.82, 2.24) is 38.6 Å². The zero-order valence-electron chi connectivity index (χ0n) is 65.7. The smallest absolute Gasteiger partial charge is 1.00 e. The summed E-state index contributed by atoms with van der Waals surface area (Å²) in [4.78, 5) is 61.8. The number of hydrogen-bond acceptors (Lipinski definition) is 19. The van der Waals surface area contributed by atoms with E-state index in [1.165, 1.54) is 30.5 Å². The van der Waals surface area contributed by atoms with Crippen molar-refractivity contribution in [3.63, 3.8) is 0 Å². The number of aliphatic carboxylic acids is 1. The molecule has 0 aliphatic carbocycles. The monoisotopic (exact) mass is 1830 g/mol. The van der Waals surface area contributed by atoms with Crippen LogP contribution in [0.1, 0.15) is 161 Å². The van der Waals surface area contributed by atoms with Crippen molar-refractivity contribution in [3.05, 3.63) is 188 Å². The minimum atomic E-state index is -0.833. The van der Waals surface area contributed by atoms with Crippen molar-refractivity contribution in [2.45, 2.75) is 186 Å². The molecule has 0 atom stereocenters. The fraction of sp³-hybridized carbons (Fsp3) is 0.400. The van der Waals surface area contributed by atoms with Crippen molar-refractivity contribution in [3.8, 4) is 11.3 Å². The number of nitrogens with two attached hydrogens (primary N) is 1. The molecule has 0 unspecified atom stereocenters. The van der Waals surface area contributed by atoms with Crippen molar-refractivity contribution < 1.29 is 157 Å². The maximum absolute atomic E-state index is 12.6. The molecule has 4 aromatic heterocycles. The molecule has 2 fully saturated rings. The zero-order valence-corrected chi connectivity index (χ0v) is 78.0. The minimum Gasteiger partial charge on any atom is -1.00 e. The number of fused-ring (bicyclic) bond motifs is 3. The average Bonchev–Trinajstić information content (AvgIpc) is 1.62. The van der Waals surface area contributed by atoms with Gasteiger partial charge in [-0.2, -0.15) is 4.39 Å². The van der Waals surface area contributed by atoms with Gasteiger partial charge in [-0.3, -0.25) is 29.8 Å². The van der Waals surface area contributed by atoms with E-state index in [0.717, 1.165) is 119 Å². The second-order valence-corrected chi connectivity index (χ2v) is 30.4. The van der Waals surface area contributed by atoms with Crippen LogP contribution in [-0.2, 0) is 28.5 Å². The number of nitrogen functional groups attached to an aromatic ring is 1. The number of aryl methyl sites for hydroxylation is 3. The van der Waals surface area contributed by atoms with Gasteiger partial charge in [0.1, 0.15) is 23.2 Å². The van der Waals surface area contributed by atoms with E-state index in [0.29, 0.717) is 34.3 Å². The molecule has 2 aliphatic rings. The zero-order chi connectivity index (χ0) is 79.7. The Morgan fingerprint density at radius 3 is 1.44 bits per heavy atom. The Hall–Kier alpha value is -4.73. The number of carboxylic acid groups (broad SMARTS) is 1. The summed E-state index contributed by atoms with van der Waals surface area (Å²) in [5.41, 5.74) is 16.5. The molecule has 582 valence electrons. The maximum Gasteiger partial charge on any atom is 1.00 e. The average molecular weight is 1840 g/mol. The SMILES string of the molecule is C.C1CCOC1.CC(=O)O.CC(C)Nc1cc(Br)ccc1N.CC(C)Nc1cc(Br)ccc1[N+](=O)[O-].Cc1nc2ccc(-c3ccnc(Cl)n3)cc2n1C(C)C.Cc1nc2ccc(B3OC(C)(C)C(C)(C)O3)cc2n1C(C)C.Cc1nc2ccc(Br)cc2n1C(C)C.O=CO[O-].O=[N+]([O-])c1ccc(Br)cc1F.[H-].[K+].[K+]. The molecule has 12 rings (SSSR count). The fourth-order valence-corrected chi connectivity index (χ4v) is 12.1. The third-order valence-corrected chi connectivity index (χ3v) is 17.8. The van der Waals surface area contributed by atoms with Gasteiger partial charge in [0.15, 0.2) is 0 Å². The Morgan fingerprint density at radius 1 is 0.642 bits per heavy atom. The summed E-state index contributed by atoms with van der Waals surface area (Å²) in [6.45, 7) is 38.4. The Bertz CT molecular complexity index is 4550. The van der Waals surface area contributed by atoms with Crippen LogP contribution in [0, 0.1) is 46.8 Å². The molecule has 2 saturated heterocycles. The largest absolute Gasteiger partial charge is 1.00 e. The van der Waals surface area contributed by atoms with Crippen LogP contribution < -0.4 is 130 Å². The Morgan fingerprint density at radius 2 is 1.03 bits per heavy atom. The Balaban J connectivity index is 0.00000126. The van der Waals surface area contributed by atoms with E-state index in [1.807, 2.05) is 76.2 Å². The predicted molar refractivity (Wildman–Crippen MR) is 440 cm³/mol. The van der Waals surface area contributed by atoms with Crippen LogP contribution in [0.4, 0.5) is 32.8 Å².